The number of nitrogens with two attached hydrogens (primary N) is 1. The molecular formula is C12H13FN2. The van der Waals surface area contributed by atoms with E-state index in [0.717, 1.165) is 23.0 Å². The minimum Gasteiger partial charge on any atom is -0.328 e. The topological polar surface area (TPSA) is 38.9 Å². The molecule has 3 heteroatoms. The first-order chi connectivity index (χ1) is 7.15. The van der Waals surface area contributed by atoms with Crippen molar-refractivity contribution in [1.29, 1.82) is 0 Å². The molecule has 0 saturated heterocycles. The van der Waals surface area contributed by atoms with Crippen molar-refractivity contribution in [2.45, 2.75) is 19.4 Å². The molecule has 0 saturated carbocycles. The Morgan fingerprint density at radius 2 is 2.13 bits per heavy atom. The van der Waals surface area contributed by atoms with Crippen LogP contribution in [0.2, 0.25) is 0 Å². The second kappa shape index (κ2) is 3.95. The number of pyridine rings is 1. The maximum absolute atomic E-state index is 12.9. The van der Waals surface area contributed by atoms with Crippen molar-refractivity contribution in [3.05, 3.63) is 41.8 Å². The summed E-state index contributed by atoms with van der Waals surface area (Å²) in [4.78, 5) is 4.41. The zero-order chi connectivity index (χ0) is 10.8. The van der Waals surface area contributed by atoms with Crippen molar-refractivity contribution in [3.8, 4) is 0 Å². The minimum absolute atomic E-state index is 0.0930. The van der Waals surface area contributed by atoms with Gasteiger partial charge in [0.2, 0.25) is 0 Å². The summed E-state index contributed by atoms with van der Waals surface area (Å²) >= 11 is 0. The highest BCUT2D eigenvalue weighted by Gasteiger charge is 2.02. The SMILES string of the molecule is CC(N)Cc1ccc2cc(F)ccc2n1. The number of nitrogens with zero attached hydrogens (tertiary/aromatic N) is 1. The maximum Gasteiger partial charge on any atom is 0.123 e. The molecule has 0 aliphatic heterocycles. The molecule has 0 fully saturated rings. The predicted octanol–water partition coefficient (Wildman–Crippen LogP) is 2.26. The van der Waals surface area contributed by atoms with Gasteiger partial charge in [-0.2, -0.15) is 0 Å². The first-order valence-corrected chi connectivity index (χ1v) is 4.96. The van der Waals surface area contributed by atoms with Gasteiger partial charge >= 0.3 is 0 Å². The summed E-state index contributed by atoms with van der Waals surface area (Å²) in [5.41, 5.74) is 7.46. The Morgan fingerprint density at radius 3 is 2.87 bits per heavy atom. The van der Waals surface area contributed by atoms with Crippen molar-refractivity contribution in [3.63, 3.8) is 0 Å². The number of aromatic nitrogens is 1. The number of benzene rings is 1. The Morgan fingerprint density at radius 1 is 1.33 bits per heavy atom. The second-order valence-electron chi connectivity index (χ2n) is 3.82. The lowest BCUT2D eigenvalue weighted by Gasteiger charge is -2.05. The molecule has 1 heterocycles. The Labute approximate surface area is 87.9 Å². The van der Waals surface area contributed by atoms with E-state index >= 15 is 0 Å². The highest BCUT2D eigenvalue weighted by molar-refractivity contribution is 5.78. The van der Waals surface area contributed by atoms with E-state index in [0.29, 0.717) is 0 Å². The van der Waals surface area contributed by atoms with Gasteiger partial charge in [0.15, 0.2) is 0 Å². The fourth-order valence-electron chi connectivity index (χ4n) is 1.58. The van der Waals surface area contributed by atoms with Crippen molar-refractivity contribution in [2.24, 2.45) is 5.73 Å². The Hall–Kier alpha value is -1.48. The van der Waals surface area contributed by atoms with Crippen LogP contribution in [0.1, 0.15) is 12.6 Å². The lowest BCUT2D eigenvalue weighted by molar-refractivity contribution is 0.629. The normalized spacial score (nSPS) is 13.0. The third-order valence-electron chi connectivity index (χ3n) is 2.24. The van der Waals surface area contributed by atoms with Gasteiger partial charge in [0, 0.05) is 23.5 Å². The van der Waals surface area contributed by atoms with E-state index in [1.54, 1.807) is 6.07 Å². The van der Waals surface area contributed by atoms with E-state index in [-0.39, 0.29) is 11.9 Å². The summed E-state index contributed by atoms with van der Waals surface area (Å²) in [6, 6.07) is 8.46. The lowest BCUT2D eigenvalue weighted by atomic mass is 10.1. The number of rotatable bonds is 2. The number of halogens is 1. The van der Waals surface area contributed by atoms with Gasteiger partial charge < -0.3 is 5.73 Å². The first kappa shape index (κ1) is 10.1. The monoisotopic (exact) mass is 204 g/mol. The molecule has 2 rings (SSSR count). The molecule has 1 aromatic carbocycles. The van der Waals surface area contributed by atoms with Gasteiger partial charge in [0.1, 0.15) is 5.82 Å². The van der Waals surface area contributed by atoms with Crippen molar-refractivity contribution >= 4 is 10.9 Å². The molecule has 0 spiro atoms. The van der Waals surface area contributed by atoms with E-state index < -0.39 is 0 Å². The van der Waals surface area contributed by atoms with Gasteiger partial charge in [-0.25, -0.2) is 4.39 Å². The third kappa shape index (κ3) is 2.30. The first-order valence-electron chi connectivity index (χ1n) is 4.96. The van der Waals surface area contributed by atoms with E-state index in [1.165, 1.54) is 12.1 Å². The average molecular weight is 204 g/mol. The minimum atomic E-state index is -0.232. The average Bonchev–Trinajstić information content (AvgIpc) is 2.17. The second-order valence-corrected chi connectivity index (χ2v) is 3.82. The highest BCUT2D eigenvalue weighted by Crippen LogP contribution is 2.14. The fraction of sp³-hybridized carbons (Fsp3) is 0.250. The van der Waals surface area contributed by atoms with Crippen LogP contribution in [0.3, 0.4) is 0 Å². The van der Waals surface area contributed by atoms with Gasteiger partial charge in [0.25, 0.3) is 0 Å². The summed E-state index contributed by atoms with van der Waals surface area (Å²) in [7, 11) is 0. The summed E-state index contributed by atoms with van der Waals surface area (Å²) in [6.07, 6.45) is 0.743. The summed E-state index contributed by atoms with van der Waals surface area (Å²) < 4.78 is 12.9. The van der Waals surface area contributed by atoms with Crippen LogP contribution in [0.4, 0.5) is 4.39 Å². The van der Waals surface area contributed by atoms with Crippen LogP contribution in [0.5, 0.6) is 0 Å². The number of fused-ring (bicyclic) bond motifs is 1. The third-order valence-corrected chi connectivity index (χ3v) is 2.24. The molecule has 2 N–H and O–H groups in total. The molecule has 78 valence electrons. The molecular weight excluding hydrogens is 191 g/mol. The van der Waals surface area contributed by atoms with Gasteiger partial charge in [-0.15, -0.1) is 0 Å². The maximum atomic E-state index is 12.9. The zero-order valence-corrected chi connectivity index (χ0v) is 8.57. The molecule has 2 aromatic rings. The molecule has 15 heavy (non-hydrogen) atoms. The molecule has 0 aliphatic carbocycles. The molecule has 0 aliphatic rings. The van der Waals surface area contributed by atoms with E-state index in [2.05, 4.69) is 4.98 Å². The number of hydrogen-bond acceptors (Lipinski definition) is 2. The van der Waals surface area contributed by atoms with Gasteiger partial charge in [-0.1, -0.05) is 6.07 Å². The Bertz CT molecular complexity index is 480. The van der Waals surface area contributed by atoms with Gasteiger partial charge in [-0.05, 0) is 31.2 Å². The zero-order valence-electron chi connectivity index (χ0n) is 8.57. The van der Waals surface area contributed by atoms with Crippen LogP contribution >= 0.6 is 0 Å². The van der Waals surface area contributed by atoms with Gasteiger partial charge in [0.05, 0.1) is 5.52 Å². The van der Waals surface area contributed by atoms with Crippen LogP contribution in [-0.4, -0.2) is 11.0 Å². The molecule has 0 bridgehead atoms. The fourth-order valence-corrected chi connectivity index (χ4v) is 1.58. The lowest BCUT2D eigenvalue weighted by Crippen LogP contribution is -2.18. The molecule has 0 radical (unpaired) electrons. The Balaban J connectivity index is 2.43. The van der Waals surface area contributed by atoms with Crippen LogP contribution in [0.25, 0.3) is 10.9 Å². The van der Waals surface area contributed by atoms with Crippen LogP contribution in [0, 0.1) is 5.82 Å². The quantitative estimate of drug-likeness (QED) is 0.815. The van der Waals surface area contributed by atoms with Crippen LogP contribution < -0.4 is 5.73 Å². The molecule has 1 aromatic heterocycles. The smallest absolute Gasteiger partial charge is 0.123 e. The van der Waals surface area contributed by atoms with E-state index in [4.69, 9.17) is 5.73 Å². The van der Waals surface area contributed by atoms with E-state index in [1.807, 2.05) is 19.1 Å². The standard InChI is InChI=1S/C12H13FN2/c1-8(14)6-11-4-2-9-7-10(13)3-5-12(9)15-11/h2-5,7-8H,6,14H2,1H3. The predicted molar refractivity (Wildman–Crippen MR) is 59.1 cm³/mol. The van der Waals surface area contributed by atoms with Crippen molar-refractivity contribution in [2.75, 3.05) is 0 Å². The van der Waals surface area contributed by atoms with Crippen LogP contribution in [0.15, 0.2) is 30.3 Å². The van der Waals surface area contributed by atoms with Crippen molar-refractivity contribution in [1.82, 2.24) is 4.98 Å². The van der Waals surface area contributed by atoms with Crippen LogP contribution in [-0.2, 0) is 6.42 Å². The Kier molecular flexibility index (Phi) is 2.64. The number of hydrogen-bond donors (Lipinski definition) is 1. The van der Waals surface area contributed by atoms with E-state index in [9.17, 15) is 4.39 Å². The molecule has 0 amide bonds. The highest BCUT2D eigenvalue weighted by atomic mass is 19.1. The summed E-state index contributed by atoms with van der Waals surface area (Å²) in [5, 5.41) is 0.823. The largest absolute Gasteiger partial charge is 0.328 e. The van der Waals surface area contributed by atoms with Crippen molar-refractivity contribution < 1.29 is 4.39 Å². The molecule has 2 nitrogen and oxygen atoms in total. The summed E-state index contributed by atoms with van der Waals surface area (Å²) in [6.45, 7) is 1.94. The molecule has 1 atom stereocenters. The molecule has 1 unspecified atom stereocenters. The van der Waals surface area contributed by atoms with Gasteiger partial charge in [-0.3, -0.25) is 4.98 Å². The summed E-state index contributed by atoms with van der Waals surface area (Å²) in [5.74, 6) is -0.232.